The Labute approximate surface area is 198 Å². The lowest BCUT2D eigenvalue weighted by molar-refractivity contribution is -0.132. The smallest absolute Gasteiger partial charge is 0.300 e. The van der Waals surface area contributed by atoms with Gasteiger partial charge < -0.3 is 14.6 Å². The number of ketones is 1. The molecular formula is C24H19ClFNO5S. The minimum Gasteiger partial charge on any atom is -0.507 e. The fourth-order valence-corrected chi connectivity index (χ4v) is 5.10. The van der Waals surface area contributed by atoms with Gasteiger partial charge in [0.15, 0.2) is 0 Å². The molecule has 2 heterocycles. The molecule has 33 heavy (non-hydrogen) atoms. The lowest BCUT2D eigenvalue weighted by Gasteiger charge is -2.25. The zero-order valence-electron chi connectivity index (χ0n) is 17.9. The summed E-state index contributed by atoms with van der Waals surface area (Å²) in [6.07, 6.45) is 0. The third kappa shape index (κ3) is 3.85. The van der Waals surface area contributed by atoms with Crippen LogP contribution in [0.25, 0.3) is 5.76 Å². The number of aryl methyl sites for hydroxylation is 1. The molecule has 170 valence electrons. The van der Waals surface area contributed by atoms with Gasteiger partial charge in [-0.05, 0) is 60.3 Å². The van der Waals surface area contributed by atoms with E-state index in [2.05, 4.69) is 0 Å². The van der Waals surface area contributed by atoms with Crippen molar-refractivity contribution in [2.45, 2.75) is 13.0 Å². The maximum atomic E-state index is 14.0. The van der Waals surface area contributed by atoms with Crippen molar-refractivity contribution in [1.29, 1.82) is 0 Å². The summed E-state index contributed by atoms with van der Waals surface area (Å²) in [5, 5.41) is 13.3. The van der Waals surface area contributed by atoms with Crippen LogP contribution in [0.2, 0.25) is 5.02 Å². The molecule has 0 radical (unpaired) electrons. The fourth-order valence-electron chi connectivity index (χ4n) is 3.83. The average Bonchev–Trinajstić information content (AvgIpc) is 3.33. The van der Waals surface area contributed by atoms with Crippen LogP contribution in [-0.2, 0) is 9.59 Å². The summed E-state index contributed by atoms with van der Waals surface area (Å²) in [5.74, 6) is -2.32. The maximum Gasteiger partial charge on any atom is 0.300 e. The Morgan fingerprint density at radius 3 is 2.39 bits per heavy atom. The van der Waals surface area contributed by atoms with Gasteiger partial charge in [-0.25, -0.2) is 4.39 Å². The molecule has 1 unspecified atom stereocenters. The molecule has 0 aliphatic carbocycles. The van der Waals surface area contributed by atoms with Crippen molar-refractivity contribution >= 4 is 46.1 Å². The van der Waals surface area contributed by atoms with Crippen LogP contribution in [0.15, 0.2) is 53.4 Å². The van der Waals surface area contributed by atoms with E-state index in [0.29, 0.717) is 16.3 Å². The van der Waals surface area contributed by atoms with Gasteiger partial charge in [-0.15, -0.1) is 11.3 Å². The number of aliphatic hydroxyl groups is 1. The number of hydrogen-bond donors (Lipinski definition) is 1. The van der Waals surface area contributed by atoms with E-state index in [9.17, 15) is 19.1 Å². The summed E-state index contributed by atoms with van der Waals surface area (Å²) in [4.78, 5) is 28.4. The van der Waals surface area contributed by atoms with Crippen LogP contribution in [-0.4, -0.2) is 31.0 Å². The number of carbonyl (C=O) groups is 2. The Bertz CT molecular complexity index is 1300. The van der Waals surface area contributed by atoms with Crippen LogP contribution in [0.4, 0.5) is 10.1 Å². The quantitative estimate of drug-likeness (QED) is 0.292. The Morgan fingerprint density at radius 1 is 1.09 bits per heavy atom. The first-order valence-corrected chi connectivity index (χ1v) is 11.1. The Balaban J connectivity index is 1.98. The van der Waals surface area contributed by atoms with E-state index in [-0.39, 0.29) is 21.9 Å². The summed E-state index contributed by atoms with van der Waals surface area (Å²) in [5.41, 5.74) is 0.989. The number of hydrogen-bond acceptors (Lipinski definition) is 6. The first-order chi connectivity index (χ1) is 15.8. The highest BCUT2D eigenvalue weighted by Crippen LogP contribution is 2.46. The molecule has 4 rings (SSSR count). The van der Waals surface area contributed by atoms with Crippen molar-refractivity contribution < 1.29 is 28.6 Å². The predicted molar refractivity (Wildman–Crippen MR) is 125 cm³/mol. The van der Waals surface area contributed by atoms with Crippen molar-refractivity contribution in [2.75, 3.05) is 19.1 Å². The molecule has 1 aliphatic heterocycles. The number of amides is 1. The van der Waals surface area contributed by atoms with Gasteiger partial charge in [0.25, 0.3) is 11.7 Å². The summed E-state index contributed by atoms with van der Waals surface area (Å²) in [6, 6.07) is 9.20. The van der Waals surface area contributed by atoms with E-state index in [1.807, 2.05) is 18.4 Å². The molecule has 1 N–H and O–H groups in total. The molecule has 6 nitrogen and oxygen atoms in total. The molecule has 0 saturated carbocycles. The molecule has 1 aromatic heterocycles. The summed E-state index contributed by atoms with van der Waals surface area (Å²) >= 11 is 7.62. The van der Waals surface area contributed by atoms with E-state index < -0.39 is 29.3 Å². The third-order valence-corrected chi connectivity index (χ3v) is 6.79. The predicted octanol–water partition coefficient (Wildman–Crippen LogP) is 5.49. The zero-order valence-corrected chi connectivity index (χ0v) is 19.5. The minimum absolute atomic E-state index is 0.0255. The van der Waals surface area contributed by atoms with E-state index in [1.54, 1.807) is 12.1 Å². The van der Waals surface area contributed by atoms with Crippen LogP contribution in [0, 0.1) is 12.7 Å². The number of methoxy groups -OCH3 is 2. The Hall–Kier alpha value is -3.36. The summed E-state index contributed by atoms with van der Waals surface area (Å²) in [7, 11) is 2.83. The molecule has 0 bridgehead atoms. The van der Waals surface area contributed by atoms with E-state index in [0.717, 1.165) is 11.6 Å². The average molecular weight is 488 g/mol. The van der Waals surface area contributed by atoms with Crippen molar-refractivity contribution in [1.82, 2.24) is 0 Å². The molecule has 1 saturated heterocycles. The number of rotatable bonds is 5. The number of benzene rings is 2. The van der Waals surface area contributed by atoms with E-state index in [4.69, 9.17) is 21.1 Å². The monoisotopic (exact) mass is 487 g/mol. The minimum atomic E-state index is -0.942. The number of halogens is 2. The SMILES string of the molecule is COc1ccc(N2C(=O)C(=O)/C(=C(\O)c3cc(F)ccc3OC)C2c2sccc2C)cc1Cl. The van der Waals surface area contributed by atoms with Crippen LogP contribution >= 0.6 is 22.9 Å². The number of anilines is 1. The van der Waals surface area contributed by atoms with Gasteiger partial charge in [0.2, 0.25) is 0 Å². The van der Waals surface area contributed by atoms with Gasteiger partial charge in [-0.3, -0.25) is 14.5 Å². The largest absolute Gasteiger partial charge is 0.507 e. The first-order valence-electron chi connectivity index (χ1n) is 9.81. The van der Waals surface area contributed by atoms with E-state index >= 15 is 0 Å². The Kier molecular flexibility index (Phi) is 6.14. The molecule has 1 aliphatic rings. The summed E-state index contributed by atoms with van der Waals surface area (Å²) in [6.45, 7) is 1.84. The highest BCUT2D eigenvalue weighted by Gasteiger charge is 2.48. The lowest BCUT2D eigenvalue weighted by atomic mass is 9.97. The molecule has 3 aromatic rings. The second kappa shape index (κ2) is 8.88. The summed E-state index contributed by atoms with van der Waals surface area (Å²) < 4.78 is 24.5. The fraction of sp³-hybridized carbons (Fsp3) is 0.167. The number of Topliss-reactive ketones (excluding diaryl/α,β-unsaturated/α-hetero) is 1. The van der Waals surface area contributed by atoms with Crippen LogP contribution < -0.4 is 14.4 Å². The van der Waals surface area contributed by atoms with Crippen molar-refractivity contribution in [3.05, 3.63) is 80.3 Å². The molecule has 0 spiro atoms. The number of aliphatic hydroxyl groups excluding tert-OH is 1. The first kappa shape index (κ1) is 22.8. The molecule has 1 atom stereocenters. The Morgan fingerprint density at radius 2 is 1.79 bits per heavy atom. The van der Waals surface area contributed by atoms with Crippen LogP contribution in [0.5, 0.6) is 11.5 Å². The number of thiophene rings is 1. The van der Waals surface area contributed by atoms with Crippen LogP contribution in [0.3, 0.4) is 0 Å². The van der Waals surface area contributed by atoms with E-state index in [1.165, 1.54) is 48.7 Å². The lowest BCUT2D eigenvalue weighted by Crippen LogP contribution is -2.29. The molecule has 1 fully saturated rings. The molecular weight excluding hydrogens is 469 g/mol. The van der Waals surface area contributed by atoms with Gasteiger partial charge in [0.05, 0.1) is 30.4 Å². The van der Waals surface area contributed by atoms with Crippen molar-refractivity contribution in [3.8, 4) is 11.5 Å². The molecule has 1 amide bonds. The highest BCUT2D eigenvalue weighted by atomic mass is 35.5. The number of carbonyl (C=O) groups excluding carboxylic acids is 2. The van der Waals surface area contributed by atoms with Gasteiger partial charge >= 0.3 is 0 Å². The second-order valence-electron chi connectivity index (χ2n) is 7.30. The highest BCUT2D eigenvalue weighted by molar-refractivity contribution is 7.10. The van der Waals surface area contributed by atoms with Crippen molar-refractivity contribution in [3.63, 3.8) is 0 Å². The molecule has 2 aromatic carbocycles. The standard InChI is InChI=1S/C24H19ClFNO5S/c1-12-8-9-33-23(12)20-19(21(28)15-10-13(26)4-6-17(15)31-2)22(29)24(30)27(20)14-5-7-18(32-3)16(25)11-14/h4-11,20,28H,1-3H3/b21-19-. The van der Waals surface area contributed by atoms with Crippen molar-refractivity contribution in [2.24, 2.45) is 0 Å². The van der Waals surface area contributed by atoms with Crippen LogP contribution in [0.1, 0.15) is 22.0 Å². The zero-order chi connectivity index (χ0) is 23.9. The van der Waals surface area contributed by atoms with Gasteiger partial charge in [-0.2, -0.15) is 0 Å². The third-order valence-electron chi connectivity index (χ3n) is 5.42. The van der Waals surface area contributed by atoms with Gasteiger partial charge in [0.1, 0.15) is 29.1 Å². The number of nitrogens with zero attached hydrogens (tertiary/aromatic N) is 1. The number of ether oxygens (including phenoxy) is 2. The van der Waals surface area contributed by atoms with Gasteiger partial charge in [-0.1, -0.05) is 11.6 Å². The van der Waals surface area contributed by atoms with Gasteiger partial charge in [0, 0.05) is 10.6 Å². The second-order valence-corrected chi connectivity index (χ2v) is 8.66. The normalized spacial score (nSPS) is 17.5. The molecule has 9 heteroatoms. The topological polar surface area (TPSA) is 76.1 Å². The maximum absolute atomic E-state index is 14.0.